The molecule has 0 spiro atoms. The molecule has 0 aromatic rings. The SMILES string of the molecule is COP(=O)(OC)[C@H](C[N+](=O)[O-])[C@H]1O[C@@H]2OC(C)(C)O[C@@H]2[C@@H]1OC(C)=O. The Hall–Kier alpha value is -1.10. The van der Waals surface area contributed by atoms with Gasteiger partial charge in [0.2, 0.25) is 6.54 Å². The quantitative estimate of drug-likeness (QED) is 0.270. The lowest BCUT2D eigenvalue weighted by Gasteiger charge is -2.31. The van der Waals surface area contributed by atoms with E-state index in [9.17, 15) is 19.5 Å². The molecule has 2 heterocycles. The maximum atomic E-state index is 12.8. The third-order valence-corrected chi connectivity index (χ3v) is 6.25. The van der Waals surface area contributed by atoms with Crippen LogP contribution in [0.15, 0.2) is 0 Å². The predicted octanol–water partition coefficient (Wildman–Crippen LogP) is 0.926. The van der Waals surface area contributed by atoms with Crippen LogP contribution in [0.1, 0.15) is 20.8 Å². The minimum absolute atomic E-state index is 0.642. The smallest absolute Gasteiger partial charge is 0.342 e. The fraction of sp³-hybridized carbons (Fsp3) is 0.923. The van der Waals surface area contributed by atoms with E-state index in [-0.39, 0.29) is 0 Å². The summed E-state index contributed by atoms with van der Waals surface area (Å²) >= 11 is 0. The van der Waals surface area contributed by atoms with Gasteiger partial charge >= 0.3 is 13.6 Å². The molecule has 0 unspecified atom stereocenters. The summed E-state index contributed by atoms with van der Waals surface area (Å²) in [4.78, 5) is 21.9. The Morgan fingerprint density at radius 1 is 1.32 bits per heavy atom. The Morgan fingerprint density at radius 2 is 1.92 bits per heavy atom. The summed E-state index contributed by atoms with van der Waals surface area (Å²) in [6, 6.07) is 0. The summed E-state index contributed by atoms with van der Waals surface area (Å²) in [5, 5.41) is 11.1. The van der Waals surface area contributed by atoms with Crippen molar-refractivity contribution in [2.75, 3.05) is 20.8 Å². The van der Waals surface area contributed by atoms with E-state index in [4.69, 9.17) is 28.0 Å². The summed E-state index contributed by atoms with van der Waals surface area (Å²) in [5.74, 6) is -1.62. The van der Waals surface area contributed by atoms with Gasteiger partial charge in [-0.3, -0.25) is 19.5 Å². The molecule has 0 radical (unpaired) electrons. The molecule has 0 amide bonds. The molecule has 144 valence electrons. The fourth-order valence-corrected chi connectivity index (χ4v) is 4.65. The van der Waals surface area contributed by atoms with Crippen molar-refractivity contribution < 1.29 is 42.3 Å². The number of ether oxygens (including phenoxy) is 4. The fourth-order valence-electron chi connectivity index (χ4n) is 3.02. The van der Waals surface area contributed by atoms with Gasteiger partial charge in [-0.05, 0) is 13.8 Å². The van der Waals surface area contributed by atoms with Gasteiger partial charge in [-0.2, -0.15) is 0 Å². The molecule has 12 heteroatoms. The number of fused-ring (bicyclic) bond motifs is 1. The van der Waals surface area contributed by atoms with E-state index < -0.39 is 61.1 Å². The van der Waals surface area contributed by atoms with Gasteiger partial charge in [0, 0.05) is 26.1 Å². The van der Waals surface area contributed by atoms with Crippen LogP contribution in [0.3, 0.4) is 0 Å². The number of carbonyl (C=O) groups excluding carboxylic acids is 1. The number of nitrogens with zero attached hydrogens (tertiary/aromatic N) is 1. The highest BCUT2D eigenvalue weighted by Gasteiger charge is 2.62. The van der Waals surface area contributed by atoms with Crippen LogP contribution in [0, 0.1) is 10.1 Å². The summed E-state index contributed by atoms with van der Waals surface area (Å²) in [6.07, 6.45) is -3.97. The topological polar surface area (TPSA) is 133 Å². The molecule has 11 nitrogen and oxygen atoms in total. The second-order valence-electron chi connectivity index (χ2n) is 6.13. The monoisotopic (exact) mass is 383 g/mol. The first-order valence-electron chi connectivity index (χ1n) is 7.54. The maximum Gasteiger partial charge on any atom is 0.342 e. The molecule has 2 aliphatic heterocycles. The molecule has 2 saturated heterocycles. The van der Waals surface area contributed by atoms with Gasteiger partial charge in [-0.15, -0.1) is 0 Å². The first-order valence-corrected chi connectivity index (χ1v) is 9.15. The molecule has 0 N–H and O–H groups in total. The minimum atomic E-state index is -3.92. The van der Waals surface area contributed by atoms with E-state index in [1.54, 1.807) is 13.8 Å². The Balaban J connectivity index is 2.36. The lowest BCUT2D eigenvalue weighted by atomic mass is 10.1. The third kappa shape index (κ3) is 4.18. The van der Waals surface area contributed by atoms with Crippen LogP contribution in [-0.4, -0.2) is 67.7 Å². The van der Waals surface area contributed by atoms with Crippen molar-refractivity contribution in [2.45, 2.75) is 56.8 Å². The standard InChI is InChI=1S/C13H22NO10P/c1-7(15)21-10-9(22-12-11(10)23-13(2,3)24-12)8(6-14(16)17)25(18,19-4)20-5/h8-12H,6H2,1-5H3/t8-,9-,10-,11-,12-/m1/s1. The Bertz CT molecular complexity index is 573. The summed E-state index contributed by atoms with van der Waals surface area (Å²) in [5.41, 5.74) is -1.32. The molecule has 5 atom stereocenters. The number of hydrogen-bond donors (Lipinski definition) is 0. The number of rotatable bonds is 7. The average Bonchev–Trinajstić information content (AvgIpc) is 2.96. The highest BCUT2D eigenvalue weighted by Crippen LogP contribution is 2.56. The zero-order valence-corrected chi connectivity index (χ0v) is 15.5. The molecule has 0 bridgehead atoms. The van der Waals surface area contributed by atoms with E-state index in [2.05, 4.69) is 0 Å². The maximum absolute atomic E-state index is 12.8. The van der Waals surface area contributed by atoms with Crippen molar-refractivity contribution in [3.63, 3.8) is 0 Å². The molecule has 2 rings (SSSR count). The second kappa shape index (κ2) is 7.26. The molecule has 0 saturated carbocycles. The number of carbonyl (C=O) groups is 1. The lowest BCUT2D eigenvalue weighted by molar-refractivity contribution is -0.482. The van der Waals surface area contributed by atoms with Crippen LogP contribution >= 0.6 is 7.60 Å². The third-order valence-electron chi connectivity index (χ3n) is 3.96. The highest BCUT2D eigenvalue weighted by atomic mass is 31.2. The van der Waals surface area contributed by atoms with E-state index in [0.29, 0.717) is 0 Å². The summed E-state index contributed by atoms with van der Waals surface area (Å²) in [7, 11) is -1.69. The molecule has 2 aliphatic rings. The van der Waals surface area contributed by atoms with Crippen LogP contribution < -0.4 is 0 Å². The van der Waals surface area contributed by atoms with Crippen molar-refractivity contribution in [3.8, 4) is 0 Å². The minimum Gasteiger partial charge on any atom is -0.457 e. The average molecular weight is 383 g/mol. The van der Waals surface area contributed by atoms with Crippen LogP contribution in [0.5, 0.6) is 0 Å². The largest absolute Gasteiger partial charge is 0.457 e. The van der Waals surface area contributed by atoms with E-state index in [1.165, 1.54) is 6.92 Å². The molecular formula is C13H22NO10P. The van der Waals surface area contributed by atoms with Crippen LogP contribution in [0.2, 0.25) is 0 Å². The molecular weight excluding hydrogens is 361 g/mol. The van der Waals surface area contributed by atoms with Gasteiger partial charge in [0.05, 0.1) is 0 Å². The van der Waals surface area contributed by atoms with Gasteiger partial charge in [0.25, 0.3) is 0 Å². The van der Waals surface area contributed by atoms with E-state index in [0.717, 1.165) is 14.2 Å². The molecule has 25 heavy (non-hydrogen) atoms. The van der Waals surface area contributed by atoms with E-state index in [1.807, 2.05) is 0 Å². The molecule has 0 aromatic heterocycles. The van der Waals surface area contributed by atoms with Gasteiger partial charge in [0.15, 0.2) is 29.9 Å². The van der Waals surface area contributed by atoms with Gasteiger partial charge in [-0.1, -0.05) is 0 Å². The predicted molar refractivity (Wildman–Crippen MR) is 81.5 cm³/mol. The zero-order chi connectivity index (χ0) is 19.0. The molecule has 2 fully saturated rings. The first-order chi connectivity index (χ1) is 11.5. The Morgan fingerprint density at radius 3 is 2.40 bits per heavy atom. The van der Waals surface area contributed by atoms with Gasteiger partial charge in [-0.25, -0.2) is 0 Å². The molecule has 0 aliphatic carbocycles. The van der Waals surface area contributed by atoms with Crippen molar-refractivity contribution >= 4 is 13.6 Å². The molecule has 0 aromatic carbocycles. The second-order valence-corrected chi connectivity index (χ2v) is 8.60. The van der Waals surface area contributed by atoms with Crippen molar-refractivity contribution in [1.29, 1.82) is 0 Å². The summed E-state index contributed by atoms with van der Waals surface area (Å²) < 4.78 is 44.8. The number of esters is 1. The van der Waals surface area contributed by atoms with Gasteiger partial charge in [0.1, 0.15) is 6.10 Å². The summed E-state index contributed by atoms with van der Waals surface area (Å²) in [6.45, 7) is 3.71. The van der Waals surface area contributed by atoms with Crippen molar-refractivity contribution in [1.82, 2.24) is 0 Å². The van der Waals surface area contributed by atoms with Crippen LogP contribution in [-0.2, 0) is 37.4 Å². The lowest BCUT2D eigenvalue weighted by Crippen LogP contribution is -2.46. The van der Waals surface area contributed by atoms with Crippen LogP contribution in [0.25, 0.3) is 0 Å². The van der Waals surface area contributed by atoms with Crippen molar-refractivity contribution in [3.05, 3.63) is 10.1 Å². The highest BCUT2D eigenvalue weighted by molar-refractivity contribution is 7.54. The van der Waals surface area contributed by atoms with Crippen molar-refractivity contribution in [2.24, 2.45) is 0 Å². The van der Waals surface area contributed by atoms with E-state index >= 15 is 0 Å². The van der Waals surface area contributed by atoms with Gasteiger partial charge < -0.3 is 28.0 Å². The Kier molecular flexibility index (Phi) is 5.87. The first kappa shape index (κ1) is 20.2. The number of hydrogen-bond acceptors (Lipinski definition) is 10. The van der Waals surface area contributed by atoms with Crippen LogP contribution in [0.4, 0.5) is 0 Å². The number of nitro groups is 1. The normalized spacial score (nSPS) is 32.2. The Labute approximate surface area is 144 Å². The zero-order valence-electron chi connectivity index (χ0n) is 14.6.